The lowest BCUT2D eigenvalue weighted by atomic mass is 9.94. The van der Waals surface area contributed by atoms with Crippen LogP contribution in [0.5, 0.6) is 0 Å². The largest absolute Gasteiger partial charge is 0.328 e. The van der Waals surface area contributed by atoms with Gasteiger partial charge in [0.1, 0.15) is 5.82 Å². The third-order valence-electron chi connectivity index (χ3n) is 4.28. The van der Waals surface area contributed by atoms with E-state index < -0.39 is 0 Å². The first-order valence-electron chi connectivity index (χ1n) is 7.63. The molecule has 0 aliphatic carbocycles. The molecule has 1 aliphatic heterocycles. The molecule has 3 rings (SSSR count). The summed E-state index contributed by atoms with van der Waals surface area (Å²) < 4.78 is 2.32. The number of hydrogen-bond acceptors (Lipinski definition) is 2. The van der Waals surface area contributed by atoms with Gasteiger partial charge in [-0.3, -0.25) is 0 Å². The van der Waals surface area contributed by atoms with Crippen LogP contribution in [0, 0.1) is 5.92 Å². The van der Waals surface area contributed by atoms with E-state index >= 15 is 0 Å². The van der Waals surface area contributed by atoms with Crippen molar-refractivity contribution in [3.8, 4) is 0 Å². The maximum absolute atomic E-state index is 6.06. The minimum atomic E-state index is 0.765. The van der Waals surface area contributed by atoms with Gasteiger partial charge in [0.15, 0.2) is 0 Å². The topological polar surface area (TPSA) is 29.9 Å². The van der Waals surface area contributed by atoms with Gasteiger partial charge in [0.2, 0.25) is 0 Å². The van der Waals surface area contributed by atoms with Crippen molar-refractivity contribution in [2.45, 2.75) is 39.2 Å². The van der Waals surface area contributed by atoms with E-state index in [4.69, 9.17) is 16.6 Å². The van der Waals surface area contributed by atoms with Gasteiger partial charge in [0, 0.05) is 18.0 Å². The molecule has 4 heteroatoms. The van der Waals surface area contributed by atoms with Crippen molar-refractivity contribution in [1.29, 1.82) is 0 Å². The molecule has 1 aliphatic rings. The average molecular weight is 292 g/mol. The van der Waals surface area contributed by atoms with Crippen LogP contribution in [0.3, 0.4) is 0 Å². The Kier molecular flexibility index (Phi) is 4.27. The molecule has 3 nitrogen and oxygen atoms in total. The van der Waals surface area contributed by atoms with Gasteiger partial charge in [-0.25, -0.2) is 4.98 Å². The van der Waals surface area contributed by atoms with Crippen molar-refractivity contribution in [2.24, 2.45) is 5.92 Å². The predicted octanol–water partition coefficient (Wildman–Crippen LogP) is 3.64. The molecule has 1 fully saturated rings. The second kappa shape index (κ2) is 6.15. The summed E-state index contributed by atoms with van der Waals surface area (Å²) in [7, 11) is 0. The molecule has 0 amide bonds. The third kappa shape index (κ3) is 2.84. The molecule has 1 saturated heterocycles. The molecule has 0 bridgehead atoms. The van der Waals surface area contributed by atoms with Gasteiger partial charge >= 0.3 is 0 Å². The minimum absolute atomic E-state index is 0.765. The Morgan fingerprint density at radius 1 is 1.45 bits per heavy atom. The number of aromatic nitrogens is 2. The van der Waals surface area contributed by atoms with Crippen molar-refractivity contribution >= 4 is 22.6 Å². The molecule has 1 aromatic heterocycles. The summed E-state index contributed by atoms with van der Waals surface area (Å²) in [5, 5.41) is 4.25. The van der Waals surface area contributed by atoms with Crippen LogP contribution in [0.25, 0.3) is 11.0 Å². The Morgan fingerprint density at radius 3 is 3.10 bits per heavy atom. The molecule has 108 valence electrons. The van der Waals surface area contributed by atoms with Gasteiger partial charge in [-0.1, -0.05) is 11.6 Å². The first-order chi connectivity index (χ1) is 9.78. The molecule has 2 aromatic rings. The highest BCUT2D eigenvalue weighted by Crippen LogP contribution is 2.23. The molecule has 1 unspecified atom stereocenters. The van der Waals surface area contributed by atoms with Crippen molar-refractivity contribution < 1.29 is 0 Å². The molecular formula is C16H22ClN3. The fraction of sp³-hybridized carbons (Fsp3) is 0.562. The van der Waals surface area contributed by atoms with Crippen LogP contribution in [0.1, 0.15) is 32.0 Å². The van der Waals surface area contributed by atoms with E-state index in [2.05, 4.69) is 22.9 Å². The first kappa shape index (κ1) is 13.9. The van der Waals surface area contributed by atoms with E-state index in [0.717, 1.165) is 36.0 Å². The number of nitrogens with one attached hydrogen (secondary N) is 1. The van der Waals surface area contributed by atoms with Crippen LogP contribution < -0.4 is 5.32 Å². The number of nitrogens with zero attached hydrogens (tertiary/aromatic N) is 2. The lowest BCUT2D eigenvalue weighted by Crippen LogP contribution is -2.30. The fourth-order valence-electron chi connectivity index (χ4n) is 3.20. The van der Waals surface area contributed by atoms with Crippen LogP contribution in [-0.2, 0) is 13.0 Å². The summed E-state index contributed by atoms with van der Waals surface area (Å²) in [6.45, 7) is 5.50. The number of fused-ring (bicyclic) bond motifs is 1. The number of aryl methyl sites for hydroxylation is 2. The van der Waals surface area contributed by atoms with Gasteiger partial charge in [-0.05, 0) is 63.4 Å². The smallest absolute Gasteiger partial charge is 0.109 e. The molecule has 0 spiro atoms. The number of benzene rings is 1. The number of piperidine rings is 1. The SMILES string of the molecule is CCn1c(CCC2CCCNC2)nc2cc(Cl)ccc21. The summed E-state index contributed by atoms with van der Waals surface area (Å²) >= 11 is 6.06. The summed E-state index contributed by atoms with van der Waals surface area (Å²) in [6.07, 6.45) is 4.95. The summed E-state index contributed by atoms with van der Waals surface area (Å²) in [5.74, 6) is 2.01. The predicted molar refractivity (Wildman–Crippen MR) is 84.3 cm³/mol. The maximum atomic E-state index is 6.06. The Labute approximate surface area is 125 Å². The molecule has 2 heterocycles. The molecule has 0 radical (unpaired) electrons. The molecule has 0 saturated carbocycles. The normalized spacial score (nSPS) is 19.6. The highest BCUT2D eigenvalue weighted by molar-refractivity contribution is 6.31. The van der Waals surface area contributed by atoms with Crippen LogP contribution in [0.4, 0.5) is 0 Å². The van der Waals surface area contributed by atoms with Gasteiger partial charge in [0.25, 0.3) is 0 Å². The van der Waals surface area contributed by atoms with E-state index in [0.29, 0.717) is 0 Å². The highest BCUT2D eigenvalue weighted by Gasteiger charge is 2.15. The second-order valence-corrected chi connectivity index (χ2v) is 6.09. The summed E-state index contributed by atoms with van der Waals surface area (Å²) in [4.78, 5) is 4.79. The van der Waals surface area contributed by atoms with Gasteiger partial charge in [0.05, 0.1) is 11.0 Å². The summed E-state index contributed by atoms with van der Waals surface area (Å²) in [5.41, 5.74) is 2.23. The molecule has 1 aromatic carbocycles. The van der Waals surface area contributed by atoms with E-state index in [-0.39, 0.29) is 0 Å². The Balaban J connectivity index is 1.79. The zero-order valence-corrected chi connectivity index (χ0v) is 12.8. The lowest BCUT2D eigenvalue weighted by molar-refractivity contribution is 0.355. The molecule has 20 heavy (non-hydrogen) atoms. The van der Waals surface area contributed by atoms with Crippen LogP contribution in [0.15, 0.2) is 18.2 Å². The molecule has 1 N–H and O–H groups in total. The third-order valence-corrected chi connectivity index (χ3v) is 4.52. The standard InChI is InChI=1S/C16H22ClN3/c1-2-20-15-7-6-13(17)10-14(15)19-16(20)8-5-12-4-3-9-18-11-12/h6-7,10,12,18H,2-5,8-9,11H2,1H3. The number of halogens is 1. The van der Waals surface area contributed by atoms with Crippen molar-refractivity contribution in [1.82, 2.24) is 14.9 Å². The van der Waals surface area contributed by atoms with E-state index in [1.807, 2.05) is 12.1 Å². The second-order valence-electron chi connectivity index (χ2n) is 5.66. The molecular weight excluding hydrogens is 270 g/mol. The van der Waals surface area contributed by atoms with E-state index in [1.165, 1.54) is 37.1 Å². The van der Waals surface area contributed by atoms with Gasteiger partial charge in [-0.2, -0.15) is 0 Å². The van der Waals surface area contributed by atoms with E-state index in [9.17, 15) is 0 Å². The Bertz CT molecular complexity index is 585. The zero-order valence-electron chi connectivity index (χ0n) is 12.0. The van der Waals surface area contributed by atoms with Gasteiger partial charge < -0.3 is 9.88 Å². The molecule has 1 atom stereocenters. The maximum Gasteiger partial charge on any atom is 0.109 e. The lowest BCUT2D eigenvalue weighted by Gasteiger charge is -2.22. The van der Waals surface area contributed by atoms with Crippen molar-refractivity contribution in [2.75, 3.05) is 13.1 Å². The quantitative estimate of drug-likeness (QED) is 0.932. The number of rotatable bonds is 4. The Hall–Kier alpha value is -1.06. The highest BCUT2D eigenvalue weighted by atomic mass is 35.5. The Morgan fingerprint density at radius 2 is 2.35 bits per heavy atom. The van der Waals surface area contributed by atoms with Crippen molar-refractivity contribution in [3.05, 3.63) is 29.0 Å². The fourth-order valence-corrected chi connectivity index (χ4v) is 3.37. The van der Waals surface area contributed by atoms with Crippen LogP contribution in [-0.4, -0.2) is 22.6 Å². The number of imidazole rings is 1. The summed E-state index contributed by atoms with van der Waals surface area (Å²) in [6, 6.07) is 6.00. The van der Waals surface area contributed by atoms with Crippen LogP contribution in [0.2, 0.25) is 5.02 Å². The van der Waals surface area contributed by atoms with Gasteiger partial charge in [-0.15, -0.1) is 0 Å². The first-order valence-corrected chi connectivity index (χ1v) is 8.01. The average Bonchev–Trinajstić information content (AvgIpc) is 2.82. The zero-order chi connectivity index (χ0) is 13.9. The number of hydrogen-bond donors (Lipinski definition) is 1. The van der Waals surface area contributed by atoms with Crippen molar-refractivity contribution in [3.63, 3.8) is 0 Å². The minimum Gasteiger partial charge on any atom is -0.328 e. The van der Waals surface area contributed by atoms with Crippen LogP contribution >= 0.6 is 11.6 Å². The monoisotopic (exact) mass is 291 g/mol. The van der Waals surface area contributed by atoms with E-state index in [1.54, 1.807) is 0 Å².